The molecule has 1 aliphatic heterocycles. The van der Waals surface area contributed by atoms with Crippen molar-refractivity contribution in [2.75, 3.05) is 13.1 Å². The number of likely N-dealkylation sites (tertiary alicyclic amines) is 1. The number of esters is 1. The second-order valence-electron chi connectivity index (χ2n) is 11.7. The average Bonchev–Trinajstić information content (AvgIpc) is 3.60. The summed E-state index contributed by atoms with van der Waals surface area (Å²) < 4.78 is 5.84. The molecule has 0 spiro atoms. The van der Waals surface area contributed by atoms with Crippen molar-refractivity contribution in [3.8, 4) is 5.75 Å². The fraction of sp³-hybridized carbons (Fsp3) is 0.270. The lowest BCUT2D eigenvalue weighted by atomic mass is 10.0. The highest BCUT2D eigenvalue weighted by Crippen LogP contribution is 2.26. The Morgan fingerprint density at radius 3 is 2.24 bits per heavy atom. The number of benzene rings is 4. The summed E-state index contributed by atoms with van der Waals surface area (Å²) in [5.41, 5.74) is 12.3. The summed E-state index contributed by atoms with van der Waals surface area (Å²) in [7, 11) is 0. The quantitative estimate of drug-likeness (QED) is 0.0547. The fourth-order valence-electron chi connectivity index (χ4n) is 5.84. The predicted octanol–water partition coefficient (Wildman–Crippen LogP) is 3.74. The Morgan fingerprint density at radius 1 is 0.837 bits per heavy atom. The monoisotopic (exact) mass is 684 g/mol. The van der Waals surface area contributed by atoms with E-state index in [4.69, 9.17) is 16.2 Å². The van der Waals surface area contributed by atoms with E-state index >= 15 is 0 Å². The zero-order chi connectivity index (χ0) is 33.9. The molecular formula is C37H41ClN6O5. The summed E-state index contributed by atoms with van der Waals surface area (Å²) in [5.74, 6) is -1.62. The van der Waals surface area contributed by atoms with Gasteiger partial charge in [0.15, 0.2) is 5.96 Å². The molecule has 0 bridgehead atoms. The van der Waals surface area contributed by atoms with Gasteiger partial charge < -0.3 is 31.7 Å². The highest BCUT2D eigenvalue weighted by atomic mass is 35.5. The molecule has 0 unspecified atom stereocenters. The molecule has 6 N–H and O–H groups in total. The molecule has 1 aliphatic rings. The molecular weight excluding hydrogens is 644 g/mol. The van der Waals surface area contributed by atoms with Crippen molar-refractivity contribution >= 4 is 52.8 Å². The first-order valence-electron chi connectivity index (χ1n) is 16.1. The molecule has 0 aromatic heterocycles. The number of hydrogen-bond donors (Lipinski definition) is 4. The van der Waals surface area contributed by atoms with E-state index in [2.05, 4.69) is 15.6 Å². The van der Waals surface area contributed by atoms with Crippen LogP contribution < -0.4 is 26.8 Å². The van der Waals surface area contributed by atoms with Gasteiger partial charge in [0.25, 0.3) is 5.91 Å². The van der Waals surface area contributed by atoms with Crippen molar-refractivity contribution < 1.29 is 23.9 Å². The highest BCUT2D eigenvalue weighted by Gasteiger charge is 2.37. The van der Waals surface area contributed by atoms with Crippen LogP contribution in [0.4, 0.5) is 0 Å². The third-order valence-electron chi connectivity index (χ3n) is 8.26. The second kappa shape index (κ2) is 17.7. The fourth-order valence-corrected chi connectivity index (χ4v) is 5.84. The van der Waals surface area contributed by atoms with E-state index in [9.17, 15) is 19.2 Å². The van der Waals surface area contributed by atoms with Gasteiger partial charge in [-0.25, -0.2) is 4.79 Å². The van der Waals surface area contributed by atoms with Crippen LogP contribution in [0.25, 0.3) is 10.8 Å². The Morgan fingerprint density at radius 2 is 1.51 bits per heavy atom. The minimum Gasteiger partial charge on any atom is -0.424 e. The van der Waals surface area contributed by atoms with E-state index in [1.165, 1.54) is 0 Å². The van der Waals surface area contributed by atoms with Gasteiger partial charge in [0.05, 0.1) is 0 Å². The molecule has 0 radical (unpaired) electrons. The number of nitrogens with two attached hydrogens (primary N) is 2. The molecule has 0 aliphatic carbocycles. The van der Waals surface area contributed by atoms with Gasteiger partial charge in [-0.15, -0.1) is 12.4 Å². The number of nitrogens with zero attached hydrogens (tertiary/aromatic N) is 2. The lowest BCUT2D eigenvalue weighted by Gasteiger charge is -2.27. The Balaban J connectivity index is 0.00000541. The summed E-state index contributed by atoms with van der Waals surface area (Å²) in [6.45, 7) is 0.673. The van der Waals surface area contributed by atoms with Crippen LogP contribution in [0.2, 0.25) is 0 Å². The van der Waals surface area contributed by atoms with E-state index in [-0.39, 0.29) is 43.7 Å². The lowest BCUT2D eigenvalue weighted by Crippen LogP contribution is -2.56. The van der Waals surface area contributed by atoms with E-state index in [1.54, 1.807) is 41.3 Å². The van der Waals surface area contributed by atoms with Gasteiger partial charge in [-0.05, 0) is 54.8 Å². The molecule has 5 rings (SSSR count). The Hall–Kier alpha value is -5.42. The lowest BCUT2D eigenvalue weighted by molar-refractivity contribution is -0.140. The van der Waals surface area contributed by atoms with Crippen LogP contribution in [0, 0.1) is 0 Å². The number of amides is 3. The number of carbonyl (C=O) groups is 4. The largest absolute Gasteiger partial charge is 0.424 e. The molecule has 4 aromatic rings. The van der Waals surface area contributed by atoms with E-state index in [1.807, 2.05) is 66.7 Å². The van der Waals surface area contributed by atoms with Gasteiger partial charge in [0, 0.05) is 30.5 Å². The zero-order valence-electron chi connectivity index (χ0n) is 27.0. The summed E-state index contributed by atoms with van der Waals surface area (Å²) in [6, 6.07) is 28.1. The Kier molecular flexibility index (Phi) is 13.1. The van der Waals surface area contributed by atoms with Crippen LogP contribution in [-0.4, -0.2) is 65.8 Å². The van der Waals surface area contributed by atoms with Crippen LogP contribution in [0.3, 0.4) is 0 Å². The van der Waals surface area contributed by atoms with Crippen LogP contribution in [-0.2, 0) is 20.8 Å². The average molecular weight is 685 g/mol. The number of rotatable bonds is 13. The molecule has 12 heteroatoms. The minimum atomic E-state index is -1.07. The normalized spacial score (nSPS) is 14.9. The number of ether oxygens (including phenoxy) is 1. The molecule has 3 atom stereocenters. The van der Waals surface area contributed by atoms with E-state index in [0.717, 1.165) is 16.3 Å². The Bertz CT molecular complexity index is 1760. The number of fused-ring (bicyclic) bond motifs is 1. The molecule has 1 fully saturated rings. The van der Waals surface area contributed by atoms with Gasteiger partial charge in [0.2, 0.25) is 11.8 Å². The topological polar surface area (TPSA) is 169 Å². The van der Waals surface area contributed by atoms with Crippen LogP contribution in [0.1, 0.15) is 41.6 Å². The number of halogens is 1. The van der Waals surface area contributed by atoms with Gasteiger partial charge in [-0.3, -0.25) is 19.4 Å². The highest BCUT2D eigenvalue weighted by molar-refractivity contribution is 5.99. The maximum absolute atomic E-state index is 14.0. The second-order valence-corrected chi connectivity index (χ2v) is 11.7. The number of guanidine groups is 1. The SMILES string of the molecule is Cl.NC(N)=NCCC[C@H](NC(=O)[C@H](Cc1ccccc1)NC(=O)[C@@H]1CCCN1C(=O)c1ccccc1)C(=O)Oc1cccc2ccccc12. The van der Waals surface area contributed by atoms with Crippen molar-refractivity contribution in [3.05, 3.63) is 114 Å². The predicted molar refractivity (Wildman–Crippen MR) is 191 cm³/mol. The van der Waals surface area contributed by atoms with Crippen LogP contribution in [0.15, 0.2) is 108 Å². The maximum Gasteiger partial charge on any atom is 0.334 e. The van der Waals surface area contributed by atoms with Gasteiger partial charge in [-0.2, -0.15) is 0 Å². The van der Waals surface area contributed by atoms with Crippen LogP contribution >= 0.6 is 12.4 Å². The molecule has 1 saturated heterocycles. The first kappa shape index (κ1) is 36.4. The summed E-state index contributed by atoms with van der Waals surface area (Å²) in [5, 5.41) is 7.37. The first-order chi connectivity index (χ1) is 23.3. The van der Waals surface area contributed by atoms with Gasteiger partial charge in [0.1, 0.15) is 23.9 Å². The van der Waals surface area contributed by atoms with Crippen molar-refractivity contribution in [2.24, 2.45) is 16.5 Å². The number of hydrogen-bond acceptors (Lipinski definition) is 6. The molecule has 0 saturated carbocycles. The number of aliphatic imine (C=N–C) groups is 1. The summed E-state index contributed by atoms with van der Waals surface area (Å²) >= 11 is 0. The minimum absolute atomic E-state index is 0. The molecule has 1 heterocycles. The molecule has 256 valence electrons. The van der Waals surface area contributed by atoms with Gasteiger partial charge in [-0.1, -0.05) is 84.9 Å². The van der Waals surface area contributed by atoms with Crippen molar-refractivity contribution in [3.63, 3.8) is 0 Å². The standard InChI is InChI=1S/C37H40N6O5.ClH/c38-37(39)40-22-10-19-29(36(47)48-32-21-9-17-26-14-7-8-18-28(26)32)41-33(44)30(24-25-12-3-1-4-13-25)42-34(45)31-20-11-23-43(31)35(46)27-15-5-2-6-16-27;/h1-9,12-18,21,29-31H,10-11,19-20,22-24H2,(H,41,44)(H,42,45)(H4,38,39,40);1H/t29-,30-,31-;/m0./s1. The molecule has 3 amide bonds. The summed E-state index contributed by atoms with van der Waals surface area (Å²) in [4.78, 5) is 60.2. The Labute approximate surface area is 291 Å². The van der Waals surface area contributed by atoms with E-state index in [0.29, 0.717) is 37.1 Å². The smallest absolute Gasteiger partial charge is 0.334 e. The molecule has 49 heavy (non-hydrogen) atoms. The number of carbonyl (C=O) groups excluding carboxylic acids is 4. The first-order valence-corrected chi connectivity index (χ1v) is 16.1. The molecule has 4 aromatic carbocycles. The number of nitrogens with one attached hydrogen (secondary N) is 2. The third-order valence-corrected chi connectivity index (χ3v) is 8.26. The third kappa shape index (κ3) is 9.80. The van der Waals surface area contributed by atoms with E-state index < -0.39 is 35.9 Å². The summed E-state index contributed by atoms with van der Waals surface area (Å²) in [6.07, 6.45) is 1.84. The van der Waals surface area contributed by atoms with Gasteiger partial charge >= 0.3 is 5.97 Å². The van der Waals surface area contributed by atoms with Crippen molar-refractivity contribution in [1.29, 1.82) is 0 Å². The molecule has 11 nitrogen and oxygen atoms in total. The van der Waals surface area contributed by atoms with Crippen molar-refractivity contribution in [2.45, 2.75) is 50.2 Å². The van der Waals surface area contributed by atoms with Crippen molar-refractivity contribution in [1.82, 2.24) is 15.5 Å². The maximum atomic E-state index is 14.0. The van der Waals surface area contributed by atoms with Crippen LogP contribution in [0.5, 0.6) is 5.75 Å². The zero-order valence-corrected chi connectivity index (χ0v) is 27.8.